The van der Waals surface area contributed by atoms with E-state index in [9.17, 15) is 18.0 Å². The molecule has 0 aliphatic carbocycles. The Balaban J connectivity index is 1.89. The molecule has 0 aliphatic rings. The van der Waals surface area contributed by atoms with E-state index in [0.29, 0.717) is 5.56 Å². The van der Waals surface area contributed by atoms with E-state index >= 15 is 0 Å². The van der Waals surface area contributed by atoms with Gasteiger partial charge in [0.05, 0.1) is 5.02 Å². The van der Waals surface area contributed by atoms with Crippen molar-refractivity contribution < 1.29 is 32.5 Å². The molecule has 0 amide bonds. The minimum Gasteiger partial charge on any atom is -0.449 e. The molecule has 29 heavy (non-hydrogen) atoms. The lowest BCUT2D eigenvalue weighted by Gasteiger charge is -2.07. The maximum absolute atomic E-state index is 12.2. The van der Waals surface area contributed by atoms with Gasteiger partial charge in [0.1, 0.15) is 11.4 Å². The summed E-state index contributed by atoms with van der Waals surface area (Å²) in [6.07, 6.45) is -4.92. The van der Waals surface area contributed by atoms with E-state index in [-0.39, 0.29) is 28.2 Å². The Labute approximate surface area is 166 Å². The molecule has 7 nitrogen and oxygen atoms in total. The Morgan fingerprint density at radius 2 is 1.90 bits per heavy atom. The van der Waals surface area contributed by atoms with Gasteiger partial charge in [0.25, 0.3) is 0 Å². The third kappa shape index (κ3) is 5.40. The SMILES string of the molecule is O=C(O)Oc1cc(C#Cc2ccc(OC(F)(F)F)cc2)nn1-c1ncccc1Cl. The van der Waals surface area contributed by atoms with E-state index < -0.39 is 12.5 Å². The molecule has 1 N–H and O–H groups in total. The van der Waals surface area contributed by atoms with E-state index in [1.54, 1.807) is 6.07 Å². The van der Waals surface area contributed by atoms with Gasteiger partial charge in [-0.15, -0.1) is 13.2 Å². The first-order valence-corrected chi connectivity index (χ1v) is 8.08. The number of aromatic nitrogens is 3. The molecular weight excluding hydrogens is 415 g/mol. The normalized spacial score (nSPS) is 10.8. The van der Waals surface area contributed by atoms with Crippen LogP contribution in [0.4, 0.5) is 18.0 Å². The number of rotatable bonds is 3. The molecule has 0 saturated heterocycles. The molecular formula is C18H9ClF3N3O4. The molecule has 1 aromatic carbocycles. The van der Waals surface area contributed by atoms with Gasteiger partial charge in [-0.05, 0) is 42.3 Å². The van der Waals surface area contributed by atoms with Crippen LogP contribution in [0.3, 0.4) is 0 Å². The number of carboxylic acid groups (broad SMARTS) is 1. The molecule has 0 unspecified atom stereocenters. The highest BCUT2D eigenvalue weighted by Gasteiger charge is 2.30. The number of hydrogen-bond acceptors (Lipinski definition) is 5. The smallest absolute Gasteiger partial charge is 0.449 e. The van der Waals surface area contributed by atoms with Crippen LogP contribution >= 0.6 is 11.6 Å². The van der Waals surface area contributed by atoms with E-state index in [1.807, 2.05) is 0 Å². The monoisotopic (exact) mass is 423 g/mol. The summed E-state index contributed by atoms with van der Waals surface area (Å²) in [5.41, 5.74) is 0.504. The lowest BCUT2D eigenvalue weighted by atomic mass is 10.2. The molecule has 0 bridgehead atoms. The second-order valence-electron chi connectivity index (χ2n) is 5.28. The number of carbonyl (C=O) groups is 1. The van der Waals surface area contributed by atoms with Gasteiger partial charge in [-0.1, -0.05) is 17.5 Å². The maximum Gasteiger partial charge on any atom is 0.573 e. The minimum atomic E-state index is -4.78. The van der Waals surface area contributed by atoms with Crippen LogP contribution in [0.25, 0.3) is 5.82 Å². The number of alkyl halides is 3. The van der Waals surface area contributed by atoms with Crippen molar-refractivity contribution in [3.63, 3.8) is 0 Å². The third-order valence-corrected chi connectivity index (χ3v) is 3.53. The van der Waals surface area contributed by atoms with Gasteiger partial charge in [-0.3, -0.25) is 0 Å². The fourth-order valence-corrected chi connectivity index (χ4v) is 2.35. The molecule has 3 aromatic rings. The fraction of sp³-hybridized carbons (Fsp3) is 0.0556. The second kappa shape index (κ2) is 8.12. The third-order valence-electron chi connectivity index (χ3n) is 3.23. The van der Waals surface area contributed by atoms with E-state index in [4.69, 9.17) is 16.7 Å². The van der Waals surface area contributed by atoms with Gasteiger partial charge in [-0.25, -0.2) is 9.78 Å². The Kier molecular flexibility index (Phi) is 5.61. The number of hydrogen-bond donors (Lipinski definition) is 1. The van der Waals surface area contributed by atoms with Gasteiger partial charge in [0, 0.05) is 17.8 Å². The lowest BCUT2D eigenvalue weighted by Crippen LogP contribution is -2.16. The van der Waals surface area contributed by atoms with Crippen LogP contribution in [-0.2, 0) is 0 Å². The predicted molar refractivity (Wildman–Crippen MR) is 94.1 cm³/mol. The Hall–Kier alpha value is -3.71. The van der Waals surface area contributed by atoms with Gasteiger partial charge in [0.2, 0.25) is 5.88 Å². The van der Waals surface area contributed by atoms with Crippen molar-refractivity contribution in [1.82, 2.24) is 14.8 Å². The summed E-state index contributed by atoms with van der Waals surface area (Å²) in [7, 11) is 0. The highest BCUT2D eigenvalue weighted by atomic mass is 35.5. The molecule has 0 radical (unpaired) electrons. The highest BCUT2D eigenvalue weighted by Crippen LogP contribution is 2.24. The minimum absolute atomic E-state index is 0.124. The van der Waals surface area contributed by atoms with Crippen LogP contribution in [0.5, 0.6) is 11.6 Å². The topological polar surface area (TPSA) is 86.5 Å². The summed E-state index contributed by atoms with van der Waals surface area (Å²) in [6.45, 7) is 0. The molecule has 0 saturated carbocycles. The molecule has 2 aromatic heterocycles. The summed E-state index contributed by atoms with van der Waals surface area (Å²) in [5, 5.41) is 13.2. The Bertz CT molecular complexity index is 1100. The van der Waals surface area contributed by atoms with Crippen LogP contribution in [0.1, 0.15) is 11.3 Å². The number of pyridine rings is 1. The predicted octanol–water partition coefficient (Wildman–Crippen LogP) is 4.28. The molecule has 148 valence electrons. The summed E-state index contributed by atoms with van der Waals surface area (Å²) < 4.78 is 46.1. The average Bonchev–Trinajstić information content (AvgIpc) is 3.02. The molecule has 0 spiro atoms. The highest BCUT2D eigenvalue weighted by molar-refractivity contribution is 6.32. The molecule has 0 aliphatic heterocycles. The first-order valence-electron chi connectivity index (χ1n) is 7.71. The zero-order valence-electron chi connectivity index (χ0n) is 14.1. The Morgan fingerprint density at radius 3 is 2.52 bits per heavy atom. The molecule has 0 atom stereocenters. The average molecular weight is 424 g/mol. The van der Waals surface area contributed by atoms with Crippen molar-refractivity contribution in [3.8, 4) is 29.3 Å². The summed E-state index contributed by atoms with van der Waals surface area (Å²) >= 11 is 6.06. The quantitative estimate of drug-likeness (QED) is 0.500. The fourth-order valence-electron chi connectivity index (χ4n) is 2.15. The van der Waals surface area contributed by atoms with E-state index in [0.717, 1.165) is 16.8 Å². The zero-order valence-corrected chi connectivity index (χ0v) is 14.9. The Morgan fingerprint density at radius 1 is 1.17 bits per heavy atom. The summed E-state index contributed by atoms with van der Waals surface area (Å²) in [4.78, 5) is 14.9. The number of nitrogens with zero attached hydrogens (tertiary/aromatic N) is 3. The van der Waals surface area contributed by atoms with E-state index in [1.165, 1.54) is 30.5 Å². The van der Waals surface area contributed by atoms with Crippen molar-refractivity contribution in [2.75, 3.05) is 0 Å². The molecule has 3 rings (SSSR count). The number of benzene rings is 1. The second-order valence-corrected chi connectivity index (χ2v) is 5.69. The molecule has 0 fully saturated rings. The molecule has 11 heteroatoms. The standard InChI is InChI=1S/C18H9ClF3N3O4/c19-14-2-1-9-23-16(14)25-15(28-17(26)27)10-12(24-25)6-3-11-4-7-13(8-5-11)29-18(20,21)22/h1-2,4-5,7-10H,(H,26,27). The summed E-state index contributed by atoms with van der Waals surface area (Å²) in [5.74, 6) is 4.92. The molecule has 2 heterocycles. The zero-order chi connectivity index (χ0) is 21.0. The van der Waals surface area contributed by atoms with Crippen LogP contribution in [0.2, 0.25) is 5.02 Å². The largest absolute Gasteiger partial charge is 0.573 e. The summed E-state index contributed by atoms with van der Waals surface area (Å²) in [6, 6.07) is 9.26. The first-order chi connectivity index (χ1) is 13.7. The van der Waals surface area contributed by atoms with Crippen LogP contribution < -0.4 is 9.47 Å². The van der Waals surface area contributed by atoms with Gasteiger partial charge in [0.15, 0.2) is 5.82 Å². The van der Waals surface area contributed by atoms with Gasteiger partial charge < -0.3 is 14.6 Å². The van der Waals surface area contributed by atoms with Crippen molar-refractivity contribution in [3.05, 3.63) is 64.9 Å². The van der Waals surface area contributed by atoms with Crippen molar-refractivity contribution in [1.29, 1.82) is 0 Å². The number of ether oxygens (including phenoxy) is 2. The van der Waals surface area contributed by atoms with Crippen molar-refractivity contribution in [2.24, 2.45) is 0 Å². The van der Waals surface area contributed by atoms with Crippen molar-refractivity contribution >= 4 is 17.8 Å². The maximum atomic E-state index is 12.2. The van der Waals surface area contributed by atoms with Crippen molar-refractivity contribution in [2.45, 2.75) is 6.36 Å². The van der Waals surface area contributed by atoms with E-state index in [2.05, 4.69) is 31.4 Å². The van der Waals surface area contributed by atoms with Crippen LogP contribution in [0.15, 0.2) is 48.7 Å². The van der Waals surface area contributed by atoms with Crippen LogP contribution in [-0.4, -0.2) is 32.4 Å². The van der Waals surface area contributed by atoms with Crippen LogP contribution in [0, 0.1) is 11.8 Å². The number of halogens is 4. The van der Waals surface area contributed by atoms with Gasteiger partial charge in [-0.2, -0.15) is 9.78 Å². The first kappa shape index (κ1) is 20.0. The van der Waals surface area contributed by atoms with Gasteiger partial charge >= 0.3 is 12.5 Å². The lowest BCUT2D eigenvalue weighted by molar-refractivity contribution is -0.274.